The molecule has 1 aromatic carbocycles. The Morgan fingerprint density at radius 3 is 2.46 bits per heavy atom. The highest BCUT2D eigenvalue weighted by Crippen LogP contribution is 2.32. The fourth-order valence-corrected chi connectivity index (χ4v) is 2.48. The average molecular weight is 335 g/mol. The SMILES string of the molecule is CCc1nc2cnc(C(=O)O)cn2c1-c1ccc(C(F)(F)F)cc1. The molecule has 0 saturated heterocycles. The van der Waals surface area contributed by atoms with Crippen LogP contribution in [0.1, 0.15) is 28.7 Å². The molecular weight excluding hydrogens is 323 g/mol. The summed E-state index contributed by atoms with van der Waals surface area (Å²) in [4.78, 5) is 19.3. The highest BCUT2D eigenvalue weighted by molar-refractivity contribution is 5.85. The first kappa shape index (κ1) is 16.0. The number of aromatic carboxylic acids is 1. The molecule has 0 aliphatic rings. The number of carboxylic acids is 1. The number of benzene rings is 1. The third-order valence-electron chi connectivity index (χ3n) is 3.62. The molecule has 0 radical (unpaired) electrons. The number of carboxylic acid groups (broad SMARTS) is 1. The Kier molecular flexibility index (Phi) is 3.75. The second kappa shape index (κ2) is 5.63. The van der Waals surface area contributed by atoms with E-state index in [1.807, 2.05) is 6.92 Å². The zero-order valence-corrected chi connectivity index (χ0v) is 12.5. The molecule has 0 aliphatic carbocycles. The van der Waals surface area contributed by atoms with Crippen molar-refractivity contribution < 1.29 is 23.1 Å². The molecule has 3 aromatic rings. The van der Waals surface area contributed by atoms with Gasteiger partial charge in [-0.2, -0.15) is 13.2 Å². The van der Waals surface area contributed by atoms with Gasteiger partial charge in [-0.1, -0.05) is 19.1 Å². The normalized spacial score (nSPS) is 11.8. The molecule has 0 fully saturated rings. The fourth-order valence-electron chi connectivity index (χ4n) is 2.48. The molecule has 0 bridgehead atoms. The molecule has 0 spiro atoms. The number of aryl methyl sites for hydroxylation is 1. The van der Waals surface area contributed by atoms with Gasteiger partial charge in [-0.25, -0.2) is 14.8 Å². The van der Waals surface area contributed by atoms with Crippen LogP contribution in [0.5, 0.6) is 0 Å². The lowest BCUT2D eigenvalue weighted by molar-refractivity contribution is -0.137. The molecule has 1 N–H and O–H groups in total. The summed E-state index contributed by atoms with van der Waals surface area (Å²) in [5.41, 5.74) is 1.26. The summed E-state index contributed by atoms with van der Waals surface area (Å²) >= 11 is 0. The summed E-state index contributed by atoms with van der Waals surface area (Å²) in [7, 11) is 0. The van der Waals surface area contributed by atoms with E-state index < -0.39 is 17.7 Å². The number of nitrogens with zero attached hydrogens (tertiary/aromatic N) is 3. The molecule has 24 heavy (non-hydrogen) atoms. The average Bonchev–Trinajstić information content (AvgIpc) is 2.91. The molecule has 8 heteroatoms. The Morgan fingerprint density at radius 2 is 1.92 bits per heavy atom. The molecule has 2 aromatic heterocycles. The molecule has 0 atom stereocenters. The molecule has 0 unspecified atom stereocenters. The smallest absolute Gasteiger partial charge is 0.416 e. The van der Waals surface area contributed by atoms with Gasteiger partial charge < -0.3 is 5.11 Å². The van der Waals surface area contributed by atoms with Crippen LogP contribution < -0.4 is 0 Å². The predicted octanol–water partition coefficient (Wildman–Crippen LogP) is 3.68. The van der Waals surface area contributed by atoms with Crippen LogP contribution in [0.2, 0.25) is 0 Å². The second-order valence-corrected chi connectivity index (χ2v) is 5.14. The number of fused-ring (bicyclic) bond motifs is 1. The number of aromatic nitrogens is 3. The summed E-state index contributed by atoms with van der Waals surface area (Å²) in [5.74, 6) is -1.19. The van der Waals surface area contributed by atoms with Crippen molar-refractivity contribution in [1.82, 2.24) is 14.4 Å². The van der Waals surface area contributed by atoms with Gasteiger partial charge in [0, 0.05) is 11.8 Å². The minimum atomic E-state index is -4.41. The first-order chi connectivity index (χ1) is 11.3. The van der Waals surface area contributed by atoms with Crippen molar-refractivity contribution in [1.29, 1.82) is 0 Å². The maximum Gasteiger partial charge on any atom is 0.416 e. The number of alkyl halides is 3. The Bertz CT molecular complexity index is 915. The van der Waals surface area contributed by atoms with Crippen LogP contribution >= 0.6 is 0 Å². The van der Waals surface area contributed by atoms with Crippen molar-refractivity contribution in [3.05, 3.63) is 53.6 Å². The molecule has 0 amide bonds. The van der Waals surface area contributed by atoms with Gasteiger partial charge in [0.2, 0.25) is 0 Å². The summed E-state index contributed by atoms with van der Waals surface area (Å²) in [6.07, 6.45) is -1.22. The van der Waals surface area contributed by atoms with Crippen LogP contribution in [0.3, 0.4) is 0 Å². The van der Waals surface area contributed by atoms with E-state index in [4.69, 9.17) is 5.11 Å². The number of imidazole rings is 1. The first-order valence-corrected chi connectivity index (χ1v) is 7.09. The largest absolute Gasteiger partial charge is 0.476 e. The molecule has 124 valence electrons. The molecular formula is C16H12F3N3O2. The third-order valence-corrected chi connectivity index (χ3v) is 3.62. The van der Waals surface area contributed by atoms with E-state index in [1.165, 1.54) is 28.9 Å². The lowest BCUT2D eigenvalue weighted by atomic mass is 10.1. The van der Waals surface area contributed by atoms with Crippen LogP contribution in [-0.2, 0) is 12.6 Å². The molecule has 0 aliphatic heterocycles. The van der Waals surface area contributed by atoms with E-state index >= 15 is 0 Å². The van der Waals surface area contributed by atoms with Crippen LogP contribution in [0.25, 0.3) is 16.9 Å². The van der Waals surface area contributed by atoms with Gasteiger partial charge in [0.05, 0.1) is 23.1 Å². The lowest BCUT2D eigenvalue weighted by Crippen LogP contribution is -2.05. The summed E-state index contributed by atoms with van der Waals surface area (Å²) in [6.45, 7) is 1.86. The van der Waals surface area contributed by atoms with E-state index in [1.54, 1.807) is 0 Å². The number of carbonyl (C=O) groups is 1. The minimum absolute atomic E-state index is 0.171. The van der Waals surface area contributed by atoms with Crippen LogP contribution in [0, 0.1) is 0 Å². The standard InChI is InChI=1S/C16H12F3N3O2/c1-2-11-14(9-3-5-10(6-4-9)16(17,18)19)22-8-12(15(23)24)20-7-13(22)21-11/h3-8H,2H2,1H3,(H,23,24). The summed E-state index contributed by atoms with van der Waals surface area (Å²) in [5, 5.41) is 9.07. The Hall–Kier alpha value is -2.90. The summed E-state index contributed by atoms with van der Waals surface area (Å²) < 4.78 is 39.7. The number of hydrogen-bond donors (Lipinski definition) is 1. The number of hydrogen-bond acceptors (Lipinski definition) is 3. The monoisotopic (exact) mass is 335 g/mol. The Balaban J connectivity index is 2.20. The highest BCUT2D eigenvalue weighted by atomic mass is 19.4. The lowest BCUT2D eigenvalue weighted by Gasteiger charge is -2.09. The second-order valence-electron chi connectivity index (χ2n) is 5.14. The van der Waals surface area contributed by atoms with Gasteiger partial charge in [-0.05, 0) is 18.6 Å². The van der Waals surface area contributed by atoms with Crippen molar-refractivity contribution in [3.63, 3.8) is 0 Å². The van der Waals surface area contributed by atoms with Gasteiger partial charge in [0.1, 0.15) is 0 Å². The summed E-state index contributed by atoms with van der Waals surface area (Å²) in [6, 6.07) is 4.69. The fraction of sp³-hybridized carbons (Fsp3) is 0.188. The Labute approximate surface area is 134 Å². The van der Waals surface area contributed by atoms with Crippen LogP contribution in [0.15, 0.2) is 36.7 Å². The predicted molar refractivity (Wildman–Crippen MR) is 79.8 cm³/mol. The van der Waals surface area contributed by atoms with Crippen molar-refractivity contribution >= 4 is 11.6 Å². The van der Waals surface area contributed by atoms with Crippen molar-refractivity contribution in [2.75, 3.05) is 0 Å². The maximum atomic E-state index is 12.7. The van der Waals surface area contributed by atoms with Gasteiger partial charge in [0.15, 0.2) is 11.3 Å². The zero-order chi connectivity index (χ0) is 17.5. The first-order valence-electron chi connectivity index (χ1n) is 7.09. The van der Waals surface area contributed by atoms with Gasteiger partial charge >= 0.3 is 12.1 Å². The molecule has 3 rings (SSSR count). The quantitative estimate of drug-likeness (QED) is 0.793. The minimum Gasteiger partial charge on any atom is -0.476 e. The van der Waals surface area contributed by atoms with Crippen LogP contribution in [-0.4, -0.2) is 25.4 Å². The number of rotatable bonds is 3. The van der Waals surface area contributed by atoms with E-state index in [0.29, 0.717) is 29.0 Å². The van der Waals surface area contributed by atoms with Gasteiger partial charge in [0.25, 0.3) is 0 Å². The Morgan fingerprint density at radius 1 is 1.25 bits per heavy atom. The molecule has 2 heterocycles. The van der Waals surface area contributed by atoms with Crippen LogP contribution in [0.4, 0.5) is 13.2 Å². The topological polar surface area (TPSA) is 67.5 Å². The van der Waals surface area contributed by atoms with E-state index in [0.717, 1.165) is 12.1 Å². The van der Waals surface area contributed by atoms with Crippen molar-refractivity contribution in [3.8, 4) is 11.3 Å². The number of halogens is 3. The van der Waals surface area contributed by atoms with Crippen molar-refractivity contribution in [2.45, 2.75) is 19.5 Å². The van der Waals surface area contributed by atoms with E-state index in [2.05, 4.69) is 9.97 Å². The maximum absolute atomic E-state index is 12.7. The molecule has 0 saturated carbocycles. The zero-order valence-electron chi connectivity index (χ0n) is 12.5. The van der Waals surface area contributed by atoms with E-state index in [-0.39, 0.29) is 5.69 Å². The van der Waals surface area contributed by atoms with Gasteiger partial charge in [-0.15, -0.1) is 0 Å². The highest BCUT2D eigenvalue weighted by Gasteiger charge is 2.30. The molecule has 5 nitrogen and oxygen atoms in total. The van der Waals surface area contributed by atoms with Gasteiger partial charge in [-0.3, -0.25) is 4.40 Å². The van der Waals surface area contributed by atoms with Crippen molar-refractivity contribution in [2.24, 2.45) is 0 Å². The third kappa shape index (κ3) is 2.70. The van der Waals surface area contributed by atoms with E-state index in [9.17, 15) is 18.0 Å².